The minimum absolute atomic E-state index is 0.360. The molecule has 2 heterocycles. The average molecular weight is 276 g/mol. The van der Waals surface area contributed by atoms with Gasteiger partial charge in [0, 0.05) is 26.2 Å². The van der Waals surface area contributed by atoms with Gasteiger partial charge in [-0.2, -0.15) is 0 Å². The molecule has 0 amide bonds. The van der Waals surface area contributed by atoms with Crippen molar-refractivity contribution in [2.45, 2.75) is 32.2 Å². The number of nitrogens with one attached hydrogen (secondary N) is 1. The molecule has 0 radical (unpaired) electrons. The Balaban J connectivity index is 1.87. The molecular formula is C16H28N4. The van der Waals surface area contributed by atoms with Gasteiger partial charge in [-0.25, -0.2) is 0 Å². The smallest absolute Gasteiger partial charge is 0.0574 e. The van der Waals surface area contributed by atoms with Gasteiger partial charge in [-0.15, -0.1) is 0 Å². The van der Waals surface area contributed by atoms with Gasteiger partial charge < -0.3 is 15.1 Å². The highest BCUT2D eigenvalue weighted by atomic mass is 15.2. The number of hydrogen-bond acceptors (Lipinski definition) is 4. The summed E-state index contributed by atoms with van der Waals surface area (Å²) in [5, 5.41) is 3.30. The van der Waals surface area contributed by atoms with E-state index >= 15 is 0 Å². The highest BCUT2D eigenvalue weighted by Gasteiger charge is 2.12. The van der Waals surface area contributed by atoms with E-state index in [-0.39, 0.29) is 0 Å². The maximum atomic E-state index is 4.60. The van der Waals surface area contributed by atoms with Crippen LogP contribution in [0.4, 0.5) is 5.69 Å². The van der Waals surface area contributed by atoms with E-state index < -0.39 is 0 Å². The fourth-order valence-electron chi connectivity index (χ4n) is 2.82. The first-order valence-electron chi connectivity index (χ1n) is 7.81. The van der Waals surface area contributed by atoms with Crippen LogP contribution < -0.4 is 10.2 Å². The molecule has 4 nitrogen and oxygen atoms in total. The monoisotopic (exact) mass is 276 g/mol. The Morgan fingerprint density at radius 1 is 1.35 bits per heavy atom. The lowest BCUT2D eigenvalue weighted by molar-refractivity contribution is 0.346. The summed E-state index contributed by atoms with van der Waals surface area (Å²) in [4.78, 5) is 9.45. The first-order chi connectivity index (χ1) is 9.74. The van der Waals surface area contributed by atoms with Gasteiger partial charge in [0.15, 0.2) is 0 Å². The van der Waals surface area contributed by atoms with Crippen LogP contribution in [0.1, 0.15) is 37.9 Å². The number of rotatable bonds is 7. The summed E-state index contributed by atoms with van der Waals surface area (Å²) in [5.41, 5.74) is 2.34. The lowest BCUT2D eigenvalue weighted by Crippen LogP contribution is -2.31. The van der Waals surface area contributed by atoms with Crippen LogP contribution in [0, 0.1) is 0 Å². The minimum atomic E-state index is 0.360. The molecule has 0 saturated carbocycles. The van der Waals surface area contributed by atoms with Crippen molar-refractivity contribution in [3.63, 3.8) is 0 Å². The number of nitrogens with zero attached hydrogens (tertiary/aromatic N) is 3. The Labute approximate surface area is 123 Å². The maximum Gasteiger partial charge on any atom is 0.0574 e. The summed E-state index contributed by atoms with van der Waals surface area (Å²) in [6, 6.07) is 4.69. The molecule has 1 aliphatic rings. The Morgan fingerprint density at radius 3 is 2.65 bits per heavy atom. The topological polar surface area (TPSA) is 31.4 Å². The van der Waals surface area contributed by atoms with Crippen molar-refractivity contribution in [2.24, 2.45) is 0 Å². The molecule has 0 aliphatic carbocycles. The van der Waals surface area contributed by atoms with Gasteiger partial charge in [-0.05, 0) is 51.5 Å². The quantitative estimate of drug-likeness (QED) is 0.828. The summed E-state index contributed by atoms with van der Waals surface area (Å²) >= 11 is 0. The molecule has 112 valence electrons. The Bertz CT molecular complexity index is 380. The zero-order chi connectivity index (χ0) is 14.4. The number of likely N-dealkylation sites (N-methyl/N-ethyl adjacent to an activating group) is 1. The lowest BCUT2D eigenvalue weighted by atomic mass is 10.1. The van der Waals surface area contributed by atoms with Crippen molar-refractivity contribution in [3.05, 3.63) is 24.0 Å². The van der Waals surface area contributed by atoms with Crippen molar-refractivity contribution < 1.29 is 0 Å². The fourth-order valence-corrected chi connectivity index (χ4v) is 2.82. The molecule has 0 aromatic carbocycles. The normalized spacial score (nSPS) is 17.4. The average Bonchev–Trinajstić information content (AvgIpc) is 3.00. The number of pyridine rings is 1. The highest BCUT2D eigenvalue weighted by Crippen LogP contribution is 2.17. The second-order valence-electron chi connectivity index (χ2n) is 5.66. The van der Waals surface area contributed by atoms with Gasteiger partial charge in [0.2, 0.25) is 0 Å². The van der Waals surface area contributed by atoms with Crippen LogP contribution in [0.3, 0.4) is 0 Å². The predicted molar refractivity (Wildman–Crippen MR) is 85.3 cm³/mol. The van der Waals surface area contributed by atoms with E-state index in [0.29, 0.717) is 6.04 Å². The van der Waals surface area contributed by atoms with Crippen molar-refractivity contribution >= 4 is 5.69 Å². The second-order valence-corrected chi connectivity index (χ2v) is 5.66. The van der Waals surface area contributed by atoms with Gasteiger partial charge in [0.05, 0.1) is 17.6 Å². The van der Waals surface area contributed by atoms with Crippen LogP contribution >= 0.6 is 0 Å². The third-order valence-corrected chi connectivity index (χ3v) is 4.28. The largest absolute Gasteiger partial charge is 0.372 e. The van der Waals surface area contributed by atoms with E-state index in [4.69, 9.17) is 0 Å². The van der Waals surface area contributed by atoms with Crippen molar-refractivity contribution in [2.75, 3.05) is 45.2 Å². The predicted octanol–water partition coefficient (Wildman–Crippen LogP) is 2.28. The molecule has 1 aromatic rings. The fraction of sp³-hybridized carbons (Fsp3) is 0.688. The molecule has 1 unspecified atom stereocenters. The van der Waals surface area contributed by atoms with Crippen LogP contribution in [0.25, 0.3) is 0 Å². The third-order valence-electron chi connectivity index (χ3n) is 4.28. The van der Waals surface area contributed by atoms with Crippen LogP contribution in [0.2, 0.25) is 0 Å². The van der Waals surface area contributed by atoms with Crippen molar-refractivity contribution in [3.8, 4) is 0 Å². The summed E-state index contributed by atoms with van der Waals surface area (Å²) in [7, 11) is 4.15. The Hall–Kier alpha value is -1.13. The van der Waals surface area contributed by atoms with Gasteiger partial charge in [0.25, 0.3) is 0 Å². The zero-order valence-electron chi connectivity index (χ0n) is 13.1. The van der Waals surface area contributed by atoms with Crippen molar-refractivity contribution in [1.82, 2.24) is 15.2 Å². The van der Waals surface area contributed by atoms with Gasteiger partial charge >= 0.3 is 0 Å². The molecule has 1 saturated heterocycles. The first-order valence-corrected chi connectivity index (χ1v) is 7.81. The molecule has 2 rings (SSSR count). The molecule has 1 fully saturated rings. The minimum Gasteiger partial charge on any atom is -0.372 e. The number of likely N-dealkylation sites (tertiary alicyclic amines) is 1. The van der Waals surface area contributed by atoms with E-state index in [2.05, 4.69) is 46.2 Å². The van der Waals surface area contributed by atoms with Crippen LogP contribution in [0.5, 0.6) is 0 Å². The maximum absolute atomic E-state index is 4.60. The summed E-state index contributed by atoms with van der Waals surface area (Å²) in [6.45, 7) is 6.95. The van der Waals surface area contributed by atoms with Crippen LogP contribution in [0.15, 0.2) is 18.3 Å². The molecule has 1 atom stereocenters. The lowest BCUT2D eigenvalue weighted by Gasteiger charge is -2.23. The third kappa shape index (κ3) is 3.93. The van der Waals surface area contributed by atoms with E-state index in [1.54, 1.807) is 0 Å². The van der Waals surface area contributed by atoms with Crippen LogP contribution in [-0.2, 0) is 0 Å². The Morgan fingerprint density at radius 2 is 2.10 bits per heavy atom. The molecule has 20 heavy (non-hydrogen) atoms. The van der Waals surface area contributed by atoms with Gasteiger partial charge in [-0.3, -0.25) is 4.98 Å². The molecule has 1 aliphatic heterocycles. The summed E-state index contributed by atoms with van der Waals surface area (Å²) in [6.07, 6.45) is 5.79. The van der Waals surface area contributed by atoms with Crippen molar-refractivity contribution in [1.29, 1.82) is 0 Å². The number of aromatic nitrogens is 1. The molecule has 1 aromatic heterocycles. The molecule has 0 bridgehead atoms. The Kier molecular flexibility index (Phi) is 5.80. The van der Waals surface area contributed by atoms with Gasteiger partial charge in [0.1, 0.15) is 0 Å². The zero-order valence-corrected chi connectivity index (χ0v) is 13.1. The van der Waals surface area contributed by atoms with E-state index in [1.165, 1.54) is 31.6 Å². The summed E-state index contributed by atoms with van der Waals surface area (Å²) < 4.78 is 0. The van der Waals surface area contributed by atoms with E-state index in [0.717, 1.165) is 25.2 Å². The molecular weight excluding hydrogens is 248 g/mol. The van der Waals surface area contributed by atoms with Crippen LogP contribution in [-0.4, -0.2) is 50.2 Å². The summed E-state index contributed by atoms with van der Waals surface area (Å²) in [5.74, 6) is 0. The number of hydrogen-bond donors (Lipinski definition) is 1. The molecule has 0 spiro atoms. The second kappa shape index (κ2) is 7.60. The van der Waals surface area contributed by atoms with E-state index in [9.17, 15) is 0 Å². The number of anilines is 1. The standard InChI is InChI=1S/C16H28N4/c1-4-15(17-2)16-8-7-14(13-18-16)19(3)11-12-20-9-5-6-10-20/h7-8,13,15,17H,4-6,9-12H2,1-3H3. The molecule has 1 N–H and O–H groups in total. The highest BCUT2D eigenvalue weighted by molar-refractivity contribution is 5.43. The van der Waals surface area contributed by atoms with E-state index in [1.807, 2.05) is 13.2 Å². The van der Waals surface area contributed by atoms with Gasteiger partial charge in [-0.1, -0.05) is 6.92 Å². The molecule has 4 heteroatoms. The first kappa shape index (κ1) is 15.3. The SMILES string of the molecule is CCC(NC)c1ccc(N(C)CCN2CCCC2)cn1.